The van der Waals surface area contributed by atoms with Crippen LogP contribution in [-0.2, 0) is 9.59 Å². The predicted molar refractivity (Wildman–Crippen MR) is 90.9 cm³/mol. The summed E-state index contributed by atoms with van der Waals surface area (Å²) in [6, 6.07) is 7.27. The van der Waals surface area contributed by atoms with Crippen LogP contribution in [0.3, 0.4) is 0 Å². The van der Waals surface area contributed by atoms with Gasteiger partial charge in [-0.05, 0) is 61.2 Å². The first-order valence-corrected chi connectivity index (χ1v) is 8.08. The average Bonchev–Trinajstić information content (AvgIpc) is 2.97. The van der Waals surface area contributed by atoms with Gasteiger partial charge < -0.3 is 4.74 Å². The molecule has 1 heterocycles. The number of rotatable bonds is 5. The Morgan fingerprint density at radius 3 is 2.54 bits per heavy atom. The topological polar surface area (TPSA) is 67.4 Å². The van der Waals surface area contributed by atoms with E-state index >= 15 is 0 Å². The zero-order valence-electron chi connectivity index (χ0n) is 13.2. The third kappa shape index (κ3) is 5.20. The molecule has 0 aliphatic rings. The molecule has 0 aliphatic heterocycles. The number of amides is 2. The van der Waals surface area contributed by atoms with Crippen LogP contribution in [-0.4, -0.2) is 17.9 Å². The van der Waals surface area contributed by atoms with Gasteiger partial charge in [0.25, 0.3) is 11.8 Å². The van der Waals surface area contributed by atoms with E-state index in [4.69, 9.17) is 4.74 Å². The fraction of sp³-hybridized carbons (Fsp3) is 0.176. The molecular weight excluding hydrogens is 331 g/mol. The number of hydrogen-bond donors (Lipinski definition) is 2. The van der Waals surface area contributed by atoms with Gasteiger partial charge in [0.1, 0.15) is 11.6 Å². The van der Waals surface area contributed by atoms with Crippen molar-refractivity contribution in [3.05, 3.63) is 58.0 Å². The lowest BCUT2D eigenvalue weighted by molar-refractivity contribution is -0.131. The molecule has 0 unspecified atom stereocenters. The Hall–Kier alpha value is -2.67. The second kappa shape index (κ2) is 8.26. The molecule has 2 N–H and O–H groups in total. The SMILES string of the molecule is Cc1ccsc1/C=C/C(=O)NNC(=O)[C@@H](C)Oc1ccc(F)cc1. The first-order chi connectivity index (χ1) is 11.5. The Morgan fingerprint density at radius 2 is 1.92 bits per heavy atom. The fourth-order valence-corrected chi connectivity index (χ4v) is 2.56. The fourth-order valence-electron chi connectivity index (χ4n) is 1.74. The molecule has 2 aromatic rings. The van der Waals surface area contributed by atoms with Crippen molar-refractivity contribution in [2.75, 3.05) is 0 Å². The maximum atomic E-state index is 12.8. The van der Waals surface area contributed by atoms with Gasteiger partial charge in [0.05, 0.1) is 0 Å². The smallest absolute Gasteiger partial charge is 0.279 e. The van der Waals surface area contributed by atoms with Gasteiger partial charge in [-0.15, -0.1) is 11.3 Å². The Kier molecular flexibility index (Phi) is 6.08. The van der Waals surface area contributed by atoms with Gasteiger partial charge in [-0.25, -0.2) is 4.39 Å². The van der Waals surface area contributed by atoms with E-state index in [2.05, 4.69) is 10.9 Å². The van der Waals surface area contributed by atoms with Gasteiger partial charge in [-0.2, -0.15) is 0 Å². The summed E-state index contributed by atoms with van der Waals surface area (Å²) < 4.78 is 18.2. The van der Waals surface area contributed by atoms with Gasteiger partial charge in [-0.1, -0.05) is 0 Å². The molecular formula is C17H17FN2O3S. The minimum absolute atomic E-state index is 0.360. The maximum absolute atomic E-state index is 12.8. The summed E-state index contributed by atoms with van der Waals surface area (Å²) in [5.74, 6) is -1.00. The van der Waals surface area contributed by atoms with Crippen molar-refractivity contribution in [1.29, 1.82) is 0 Å². The molecule has 2 rings (SSSR count). The normalized spacial score (nSPS) is 12.0. The summed E-state index contributed by atoms with van der Waals surface area (Å²) in [6.07, 6.45) is 2.17. The number of benzene rings is 1. The Bertz CT molecular complexity index is 741. The van der Waals surface area contributed by atoms with Crippen molar-refractivity contribution < 1.29 is 18.7 Å². The molecule has 5 nitrogen and oxygen atoms in total. The van der Waals surface area contributed by atoms with Gasteiger partial charge >= 0.3 is 0 Å². The number of thiophene rings is 1. The number of carbonyl (C=O) groups is 2. The summed E-state index contributed by atoms with van der Waals surface area (Å²) in [5.41, 5.74) is 5.63. The van der Waals surface area contributed by atoms with E-state index < -0.39 is 17.9 Å². The van der Waals surface area contributed by atoms with E-state index in [1.165, 1.54) is 48.6 Å². The Labute approximate surface area is 143 Å². The first kappa shape index (κ1) is 17.7. The molecule has 7 heteroatoms. The van der Waals surface area contributed by atoms with Crippen LogP contribution in [0.2, 0.25) is 0 Å². The van der Waals surface area contributed by atoms with Crippen molar-refractivity contribution in [1.82, 2.24) is 10.9 Å². The molecule has 0 radical (unpaired) electrons. The van der Waals surface area contributed by atoms with Crippen LogP contribution < -0.4 is 15.6 Å². The molecule has 2 amide bonds. The number of hydrogen-bond acceptors (Lipinski definition) is 4. The third-order valence-corrected chi connectivity index (χ3v) is 4.08. The van der Waals surface area contributed by atoms with Gasteiger partial charge in [0.2, 0.25) is 0 Å². The van der Waals surface area contributed by atoms with Crippen molar-refractivity contribution in [3.8, 4) is 5.75 Å². The van der Waals surface area contributed by atoms with Crippen LogP contribution in [0, 0.1) is 12.7 Å². The summed E-state index contributed by atoms with van der Waals surface area (Å²) in [5, 5.41) is 1.93. The first-order valence-electron chi connectivity index (χ1n) is 7.20. The van der Waals surface area contributed by atoms with Crippen LogP contribution in [0.25, 0.3) is 6.08 Å². The number of aryl methyl sites for hydroxylation is 1. The maximum Gasteiger partial charge on any atom is 0.279 e. The lowest BCUT2D eigenvalue weighted by Gasteiger charge is -2.14. The molecule has 0 saturated carbocycles. The van der Waals surface area contributed by atoms with E-state index in [-0.39, 0.29) is 5.82 Å². The number of ether oxygens (including phenoxy) is 1. The molecule has 0 fully saturated rings. The van der Waals surface area contributed by atoms with Crippen LogP contribution in [0.5, 0.6) is 5.75 Å². The van der Waals surface area contributed by atoms with Crippen molar-refractivity contribution in [2.45, 2.75) is 20.0 Å². The number of carbonyl (C=O) groups excluding carboxylic acids is 2. The molecule has 1 atom stereocenters. The molecule has 0 aliphatic carbocycles. The number of hydrazine groups is 1. The largest absolute Gasteiger partial charge is 0.481 e. The molecule has 1 aromatic carbocycles. The van der Waals surface area contributed by atoms with Crippen molar-refractivity contribution >= 4 is 29.2 Å². The van der Waals surface area contributed by atoms with Crippen LogP contribution in [0.15, 0.2) is 41.8 Å². The van der Waals surface area contributed by atoms with E-state index in [9.17, 15) is 14.0 Å². The molecule has 24 heavy (non-hydrogen) atoms. The lowest BCUT2D eigenvalue weighted by Crippen LogP contribution is -2.46. The second-order valence-corrected chi connectivity index (χ2v) is 5.94. The molecule has 1 aromatic heterocycles. The highest BCUT2D eigenvalue weighted by atomic mass is 32.1. The minimum Gasteiger partial charge on any atom is -0.481 e. The average molecular weight is 348 g/mol. The van der Waals surface area contributed by atoms with E-state index in [0.717, 1.165) is 10.4 Å². The van der Waals surface area contributed by atoms with Crippen LogP contribution in [0.1, 0.15) is 17.4 Å². The standard InChI is InChI=1S/C17H17FN2O3S/c1-11-9-10-24-15(11)7-8-16(21)19-20-17(22)12(2)23-14-5-3-13(18)4-6-14/h3-10,12H,1-2H3,(H,19,21)(H,20,22)/b8-7+/t12-/m1/s1. The molecule has 0 saturated heterocycles. The van der Waals surface area contributed by atoms with Gasteiger partial charge in [0.15, 0.2) is 6.10 Å². The second-order valence-electron chi connectivity index (χ2n) is 4.99. The quantitative estimate of drug-likeness (QED) is 0.645. The Balaban J connectivity index is 1.79. The number of halogens is 1. The van der Waals surface area contributed by atoms with Crippen LogP contribution in [0.4, 0.5) is 4.39 Å². The zero-order valence-corrected chi connectivity index (χ0v) is 14.0. The highest BCUT2D eigenvalue weighted by molar-refractivity contribution is 7.11. The Morgan fingerprint density at radius 1 is 1.21 bits per heavy atom. The van der Waals surface area contributed by atoms with Gasteiger partial charge in [0, 0.05) is 11.0 Å². The highest BCUT2D eigenvalue weighted by Gasteiger charge is 2.14. The third-order valence-electron chi connectivity index (χ3n) is 3.09. The summed E-state index contributed by atoms with van der Waals surface area (Å²) in [6.45, 7) is 3.47. The van der Waals surface area contributed by atoms with E-state index in [1.807, 2.05) is 18.4 Å². The predicted octanol–water partition coefficient (Wildman–Crippen LogP) is 2.82. The summed E-state index contributed by atoms with van der Waals surface area (Å²) >= 11 is 1.52. The van der Waals surface area contributed by atoms with Crippen molar-refractivity contribution in [3.63, 3.8) is 0 Å². The van der Waals surface area contributed by atoms with Crippen molar-refractivity contribution in [2.24, 2.45) is 0 Å². The van der Waals surface area contributed by atoms with Crippen LogP contribution >= 0.6 is 11.3 Å². The molecule has 0 bridgehead atoms. The van der Waals surface area contributed by atoms with Gasteiger partial charge in [-0.3, -0.25) is 20.4 Å². The summed E-state index contributed by atoms with van der Waals surface area (Å²) in [4.78, 5) is 24.5. The molecule has 0 spiro atoms. The van der Waals surface area contributed by atoms with E-state index in [1.54, 1.807) is 6.08 Å². The lowest BCUT2D eigenvalue weighted by atomic mass is 10.3. The zero-order chi connectivity index (χ0) is 17.5. The minimum atomic E-state index is -0.848. The van der Waals surface area contributed by atoms with E-state index in [0.29, 0.717) is 5.75 Å². The highest BCUT2D eigenvalue weighted by Crippen LogP contribution is 2.16. The molecule has 126 valence electrons. The monoisotopic (exact) mass is 348 g/mol. The summed E-state index contributed by atoms with van der Waals surface area (Å²) in [7, 11) is 0. The number of nitrogens with one attached hydrogen (secondary N) is 2.